The Balaban J connectivity index is 2.25. The van der Waals surface area contributed by atoms with E-state index in [4.69, 9.17) is 0 Å². The van der Waals surface area contributed by atoms with Crippen molar-refractivity contribution in [2.75, 3.05) is 39.0 Å². The Morgan fingerprint density at radius 1 is 1.38 bits per heavy atom. The van der Waals surface area contributed by atoms with Crippen LogP contribution in [-0.4, -0.2) is 54.8 Å². The van der Waals surface area contributed by atoms with Crippen molar-refractivity contribution < 1.29 is 0 Å². The van der Waals surface area contributed by atoms with Crippen molar-refractivity contribution in [3.63, 3.8) is 0 Å². The van der Waals surface area contributed by atoms with Gasteiger partial charge in [-0.2, -0.15) is 12.6 Å². The number of nitrogens with zero attached hydrogens (tertiary/aromatic N) is 2. The summed E-state index contributed by atoms with van der Waals surface area (Å²) in [5, 5.41) is 0. The molecule has 1 rings (SSSR count). The third-order valence-electron chi connectivity index (χ3n) is 2.68. The SMILES string of the molecule is CC1CN(C/C=C/CS)CCN1C. The molecule has 1 aliphatic heterocycles. The van der Waals surface area contributed by atoms with Crippen molar-refractivity contribution in [1.82, 2.24) is 9.80 Å². The highest BCUT2D eigenvalue weighted by atomic mass is 32.1. The molecule has 0 radical (unpaired) electrons. The smallest absolute Gasteiger partial charge is 0.0192 e. The van der Waals surface area contributed by atoms with Crippen LogP contribution < -0.4 is 0 Å². The first-order valence-corrected chi connectivity index (χ1v) is 5.55. The molecule has 0 saturated carbocycles. The summed E-state index contributed by atoms with van der Waals surface area (Å²) >= 11 is 4.14. The van der Waals surface area contributed by atoms with Crippen LogP contribution in [0.25, 0.3) is 0 Å². The van der Waals surface area contributed by atoms with Crippen LogP contribution in [0.3, 0.4) is 0 Å². The summed E-state index contributed by atoms with van der Waals surface area (Å²) in [6, 6.07) is 0.693. The first-order valence-electron chi connectivity index (χ1n) is 4.92. The number of piperazine rings is 1. The first-order chi connectivity index (χ1) is 6.24. The van der Waals surface area contributed by atoms with Gasteiger partial charge in [-0.05, 0) is 14.0 Å². The molecule has 0 aromatic rings. The second-order valence-electron chi connectivity index (χ2n) is 3.74. The van der Waals surface area contributed by atoms with Crippen molar-refractivity contribution in [2.45, 2.75) is 13.0 Å². The lowest BCUT2D eigenvalue weighted by molar-refractivity contribution is 0.114. The molecule has 0 aromatic heterocycles. The van der Waals surface area contributed by atoms with Gasteiger partial charge in [0.2, 0.25) is 0 Å². The van der Waals surface area contributed by atoms with E-state index in [1.54, 1.807) is 0 Å². The Labute approximate surface area is 87.0 Å². The van der Waals surface area contributed by atoms with E-state index in [0.29, 0.717) is 6.04 Å². The average molecular weight is 200 g/mol. The van der Waals surface area contributed by atoms with Crippen molar-refractivity contribution >= 4 is 12.6 Å². The van der Waals surface area contributed by atoms with Gasteiger partial charge in [0.05, 0.1) is 0 Å². The van der Waals surface area contributed by atoms with E-state index in [1.807, 2.05) is 0 Å². The zero-order chi connectivity index (χ0) is 9.68. The molecular weight excluding hydrogens is 180 g/mol. The second kappa shape index (κ2) is 5.68. The van der Waals surface area contributed by atoms with Crippen LogP contribution in [0.1, 0.15) is 6.92 Å². The van der Waals surface area contributed by atoms with Crippen LogP contribution in [0.15, 0.2) is 12.2 Å². The summed E-state index contributed by atoms with van der Waals surface area (Å²) in [6.07, 6.45) is 4.33. The third kappa shape index (κ3) is 3.71. The molecule has 3 heteroatoms. The van der Waals surface area contributed by atoms with Gasteiger partial charge < -0.3 is 4.90 Å². The zero-order valence-corrected chi connectivity index (χ0v) is 9.50. The third-order valence-corrected chi connectivity index (χ3v) is 2.89. The van der Waals surface area contributed by atoms with Crippen molar-refractivity contribution in [3.8, 4) is 0 Å². The lowest BCUT2D eigenvalue weighted by atomic mass is 10.2. The van der Waals surface area contributed by atoms with E-state index in [-0.39, 0.29) is 0 Å². The fraction of sp³-hybridized carbons (Fsp3) is 0.800. The highest BCUT2D eigenvalue weighted by molar-refractivity contribution is 7.80. The molecule has 0 N–H and O–H groups in total. The summed E-state index contributed by atoms with van der Waals surface area (Å²) in [4.78, 5) is 4.91. The number of likely N-dealkylation sites (N-methyl/N-ethyl adjacent to an activating group) is 1. The summed E-state index contributed by atoms with van der Waals surface area (Å²) in [7, 11) is 2.20. The van der Waals surface area contributed by atoms with Crippen molar-refractivity contribution in [3.05, 3.63) is 12.2 Å². The number of hydrogen-bond donors (Lipinski definition) is 1. The monoisotopic (exact) mass is 200 g/mol. The lowest BCUT2D eigenvalue weighted by Crippen LogP contribution is -2.49. The van der Waals surface area contributed by atoms with E-state index < -0.39 is 0 Å². The van der Waals surface area contributed by atoms with Gasteiger partial charge in [0.15, 0.2) is 0 Å². The Morgan fingerprint density at radius 2 is 2.15 bits per heavy atom. The largest absolute Gasteiger partial charge is 0.301 e. The minimum absolute atomic E-state index is 0.693. The van der Waals surface area contributed by atoms with Gasteiger partial charge in [0.1, 0.15) is 0 Å². The van der Waals surface area contributed by atoms with Gasteiger partial charge in [0.25, 0.3) is 0 Å². The number of rotatable bonds is 3. The Morgan fingerprint density at radius 3 is 2.77 bits per heavy atom. The first kappa shape index (κ1) is 11.1. The maximum atomic E-state index is 4.14. The normalized spacial score (nSPS) is 27.2. The minimum atomic E-state index is 0.693. The standard InChI is InChI=1S/C10H20N2S/c1-10-9-12(5-3-4-8-13)7-6-11(10)2/h3-4,10,13H,5-9H2,1-2H3/b4-3+. The summed E-state index contributed by atoms with van der Waals surface area (Å²) in [6.45, 7) is 6.94. The maximum absolute atomic E-state index is 4.14. The summed E-state index contributed by atoms with van der Waals surface area (Å²) < 4.78 is 0. The van der Waals surface area contributed by atoms with E-state index in [0.717, 1.165) is 12.3 Å². The molecular formula is C10H20N2S. The molecule has 0 amide bonds. The maximum Gasteiger partial charge on any atom is 0.0192 e. The lowest BCUT2D eigenvalue weighted by Gasteiger charge is -2.37. The van der Waals surface area contributed by atoms with E-state index in [9.17, 15) is 0 Å². The molecule has 1 saturated heterocycles. The Kier molecular flexibility index (Phi) is 4.84. The summed E-state index contributed by atoms with van der Waals surface area (Å²) in [5.74, 6) is 0.850. The Hall–Kier alpha value is 0.01000. The number of hydrogen-bond acceptors (Lipinski definition) is 3. The molecule has 0 bridgehead atoms. The topological polar surface area (TPSA) is 6.48 Å². The molecule has 13 heavy (non-hydrogen) atoms. The quantitative estimate of drug-likeness (QED) is 0.538. The minimum Gasteiger partial charge on any atom is -0.301 e. The van der Waals surface area contributed by atoms with Crippen LogP contribution >= 0.6 is 12.6 Å². The van der Waals surface area contributed by atoms with Gasteiger partial charge in [-0.25, -0.2) is 0 Å². The fourth-order valence-electron chi connectivity index (χ4n) is 1.59. The van der Waals surface area contributed by atoms with Gasteiger partial charge >= 0.3 is 0 Å². The van der Waals surface area contributed by atoms with E-state index in [2.05, 4.69) is 48.6 Å². The molecule has 1 atom stereocenters. The van der Waals surface area contributed by atoms with Crippen LogP contribution in [0.2, 0.25) is 0 Å². The highest BCUT2D eigenvalue weighted by Crippen LogP contribution is 2.06. The molecule has 0 aliphatic carbocycles. The summed E-state index contributed by atoms with van der Waals surface area (Å²) in [5.41, 5.74) is 0. The molecule has 1 unspecified atom stereocenters. The van der Waals surface area contributed by atoms with Gasteiger partial charge in [0, 0.05) is 38.0 Å². The van der Waals surface area contributed by atoms with E-state index in [1.165, 1.54) is 19.6 Å². The Bertz CT molecular complexity index is 170. The van der Waals surface area contributed by atoms with Crippen molar-refractivity contribution in [1.29, 1.82) is 0 Å². The van der Waals surface area contributed by atoms with Crippen LogP contribution in [0, 0.1) is 0 Å². The van der Waals surface area contributed by atoms with E-state index >= 15 is 0 Å². The molecule has 2 nitrogen and oxygen atoms in total. The van der Waals surface area contributed by atoms with Gasteiger partial charge in [-0.3, -0.25) is 4.90 Å². The molecule has 0 aromatic carbocycles. The predicted molar refractivity (Wildman–Crippen MR) is 61.5 cm³/mol. The fourth-order valence-corrected chi connectivity index (χ4v) is 1.74. The van der Waals surface area contributed by atoms with Crippen LogP contribution in [0.4, 0.5) is 0 Å². The predicted octanol–water partition coefficient (Wildman–Crippen LogP) is 1.11. The number of thiol groups is 1. The molecule has 76 valence electrons. The van der Waals surface area contributed by atoms with Gasteiger partial charge in [-0.1, -0.05) is 12.2 Å². The van der Waals surface area contributed by atoms with Gasteiger partial charge in [-0.15, -0.1) is 0 Å². The highest BCUT2D eigenvalue weighted by Gasteiger charge is 2.18. The molecule has 1 heterocycles. The van der Waals surface area contributed by atoms with Crippen molar-refractivity contribution in [2.24, 2.45) is 0 Å². The average Bonchev–Trinajstić information content (AvgIpc) is 2.12. The second-order valence-corrected chi connectivity index (χ2v) is 4.11. The molecule has 1 fully saturated rings. The van der Waals surface area contributed by atoms with Crippen LogP contribution in [-0.2, 0) is 0 Å². The zero-order valence-electron chi connectivity index (χ0n) is 8.61. The molecule has 0 spiro atoms. The molecule has 1 aliphatic rings. The van der Waals surface area contributed by atoms with Crippen LogP contribution in [0.5, 0.6) is 0 Å².